The Morgan fingerprint density at radius 3 is 2.19 bits per heavy atom. The average Bonchev–Trinajstić information content (AvgIpc) is 2.96. The van der Waals surface area contributed by atoms with Crippen molar-refractivity contribution in [3.05, 3.63) is 83.9 Å². The van der Waals surface area contributed by atoms with Gasteiger partial charge in [-0.2, -0.15) is 13.2 Å². The highest BCUT2D eigenvalue weighted by molar-refractivity contribution is 7.92. The number of hydrogen-bond acceptors (Lipinski definition) is 6. The summed E-state index contributed by atoms with van der Waals surface area (Å²) in [5.74, 6) is -0.278. The molecule has 0 saturated carbocycles. The van der Waals surface area contributed by atoms with Crippen LogP contribution >= 0.6 is 12.4 Å². The van der Waals surface area contributed by atoms with E-state index in [2.05, 4.69) is 20.7 Å². The van der Waals surface area contributed by atoms with Crippen LogP contribution in [0, 0.1) is 5.92 Å². The molecule has 3 aromatic rings. The van der Waals surface area contributed by atoms with Crippen LogP contribution in [0.15, 0.2) is 77.7 Å². The van der Waals surface area contributed by atoms with E-state index < -0.39 is 27.7 Å². The highest BCUT2D eigenvalue weighted by atomic mass is 35.5. The summed E-state index contributed by atoms with van der Waals surface area (Å²) in [5.41, 5.74) is -0.613. The van der Waals surface area contributed by atoms with E-state index in [9.17, 15) is 31.2 Å². The molecule has 2 amide bonds. The van der Waals surface area contributed by atoms with Crippen molar-refractivity contribution < 1.29 is 35.9 Å². The number of alkyl halides is 3. The summed E-state index contributed by atoms with van der Waals surface area (Å²) in [7, 11) is -4.12. The molecule has 4 N–H and O–H groups in total. The number of carbonyl (C=O) groups is 2. The van der Waals surface area contributed by atoms with Crippen molar-refractivity contribution in [1.29, 1.82) is 0 Å². The minimum absolute atomic E-state index is 0. The first-order valence-corrected chi connectivity index (χ1v) is 14.3. The van der Waals surface area contributed by atoms with Crippen LogP contribution in [-0.4, -0.2) is 46.4 Å². The molecule has 1 fully saturated rings. The van der Waals surface area contributed by atoms with Crippen LogP contribution in [0.2, 0.25) is 0 Å². The molecule has 1 aliphatic rings. The van der Waals surface area contributed by atoms with Crippen molar-refractivity contribution in [3.8, 4) is 11.5 Å². The van der Waals surface area contributed by atoms with E-state index in [0.717, 1.165) is 50.2 Å². The van der Waals surface area contributed by atoms with Gasteiger partial charge >= 0.3 is 6.18 Å². The van der Waals surface area contributed by atoms with Gasteiger partial charge in [-0.15, -0.1) is 12.4 Å². The van der Waals surface area contributed by atoms with Crippen molar-refractivity contribution in [2.45, 2.75) is 23.9 Å². The summed E-state index contributed by atoms with van der Waals surface area (Å²) in [6.45, 7) is 2.18. The molecule has 42 heavy (non-hydrogen) atoms. The number of benzene rings is 3. The van der Waals surface area contributed by atoms with Gasteiger partial charge in [0.05, 0.1) is 22.7 Å². The highest BCUT2D eigenvalue weighted by Gasteiger charge is 2.30. The number of rotatable bonds is 10. The van der Waals surface area contributed by atoms with Gasteiger partial charge in [-0.3, -0.25) is 14.3 Å². The lowest BCUT2D eigenvalue weighted by atomic mass is 9.98. The number of sulfonamides is 1. The lowest BCUT2D eigenvalue weighted by Gasteiger charge is -2.22. The third kappa shape index (κ3) is 9.10. The molecule has 0 unspecified atom stereocenters. The number of hydrogen-bond donors (Lipinski definition) is 4. The SMILES string of the molecule is Cl.O=C(CNC(=O)c1ccc(S(=O)(=O)Nc2ccccc2Oc2ccc(C(F)(F)F)cc2)cc1)NCC1CCNCC1. The first-order valence-electron chi connectivity index (χ1n) is 12.8. The second-order valence-electron chi connectivity index (χ2n) is 9.43. The van der Waals surface area contributed by atoms with Gasteiger partial charge in [-0.1, -0.05) is 12.1 Å². The fourth-order valence-corrected chi connectivity index (χ4v) is 5.21. The maximum atomic E-state index is 13.0. The number of anilines is 1. The van der Waals surface area contributed by atoms with Crippen LogP contribution < -0.4 is 25.4 Å². The Morgan fingerprint density at radius 1 is 0.905 bits per heavy atom. The summed E-state index contributed by atoms with van der Waals surface area (Å²) in [6.07, 6.45) is -2.54. The van der Waals surface area contributed by atoms with Crippen molar-refractivity contribution in [3.63, 3.8) is 0 Å². The molecule has 0 aromatic heterocycles. The Morgan fingerprint density at radius 2 is 1.55 bits per heavy atom. The number of halogens is 4. The lowest BCUT2D eigenvalue weighted by Crippen LogP contribution is -2.40. The summed E-state index contributed by atoms with van der Waals surface area (Å²) in [5, 5.41) is 8.59. The van der Waals surface area contributed by atoms with Crippen LogP contribution in [0.3, 0.4) is 0 Å². The molecule has 1 heterocycles. The van der Waals surface area contributed by atoms with Crippen molar-refractivity contribution in [2.75, 3.05) is 30.9 Å². The zero-order valence-electron chi connectivity index (χ0n) is 22.2. The van der Waals surface area contributed by atoms with Gasteiger partial charge in [0.2, 0.25) is 5.91 Å². The molecular formula is C28H30ClF3N4O5S. The van der Waals surface area contributed by atoms with E-state index in [0.29, 0.717) is 12.5 Å². The number of carbonyl (C=O) groups excluding carboxylic acids is 2. The van der Waals surface area contributed by atoms with Crippen molar-refractivity contribution >= 4 is 39.9 Å². The van der Waals surface area contributed by atoms with Gasteiger partial charge in [0.15, 0.2) is 5.75 Å². The van der Waals surface area contributed by atoms with Crippen LogP contribution in [0.4, 0.5) is 18.9 Å². The van der Waals surface area contributed by atoms with Gasteiger partial charge in [-0.25, -0.2) is 8.42 Å². The molecular weight excluding hydrogens is 597 g/mol. The number of piperidine rings is 1. The van der Waals surface area contributed by atoms with Crippen LogP contribution in [0.25, 0.3) is 0 Å². The second kappa shape index (κ2) is 14.4. The molecule has 0 radical (unpaired) electrons. The molecule has 0 spiro atoms. The highest BCUT2D eigenvalue weighted by Crippen LogP contribution is 2.34. The molecule has 0 atom stereocenters. The number of para-hydroxylation sites is 2. The fourth-order valence-electron chi connectivity index (χ4n) is 4.14. The van der Waals surface area contributed by atoms with Gasteiger partial charge in [0.25, 0.3) is 15.9 Å². The maximum absolute atomic E-state index is 13.0. The van der Waals surface area contributed by atoms with Gasteiger partial charge in [-0.05, 0) is 92.5 Å². The zero-order chi connectivity index (χ0) is 29.5. The van der Waals surface area contributed by atoms with Crippen LogP contribution in [0.1, 0.15) is 28.8 Å². The van der Waals surface area contributed by atoms with E-state index >= 15 is 0 Å². The van der Waals surface area contributed by atoms with Crippen molar-refractivity contribution in [2.24, 2.45) is 5.92 Å². The molecule has 226 valence electrons. The van der Waals surface area contributed by atoms with Crippen LogP contribution in [0.5, 0.6) is 11.5 Å². The monoisotopic (exact) mass is 626 g/mol. The minimum atomic E-state index is -4.50. The average molecular weight is 627 g/mol. The number of nitrogens with one attached hydrogen (secondary N) is 4. The summed E-state index contributed by atoms with van der Waals surface area (Å²) < 4.78 is 72.5. The maximum Gasteiger partial charge on any atom is 0.416 e. The lowest BCUT2D eigenvalue weighted by molar-refractivity contribution is -0.137. The summed E-state index contributed by atoms with van der Waals surface area (Å²) >= 11 is 0. The zero-order valence-corrected chi connectivity index (χ0v) is 23.9. The van der Waals surface area contributed by atoms with E-state index in [1.165, 1.54) is 36.4 Å². The number of amides is 2. The minimum Gasteiger partial charge on any atom is -0.455 e. The van der Waals surface area contributed by atoms with Gasteiger partial charge < -0.3 is 20.7 Å². The first kappa shape index (κ1) is 32.7. The molecule has 0 aliphatic carbocycles. The van der Waals surface area contributed by atoms with E-state index in [1.807, 2.05) is 0 Å². The Kier molecular flexibility index (Phi) is 11.2. The Labute approximate surface area is 247 Å². The molecule has 9 nitrogen and oxygen atoms in total. The Balaban J connectivity index is 0.00000484. The van der Waals surface area contributed by atoms with Gasteiger partial charge in [0.1, 0.15) is 5.75 Å². The predicted octanol–water partition coefficient (Wildman–Crippen LogP) is 4.57. The van der Waals surface area contributed by atoms with E-state index in [-0.39, 0.29) is 52.5 Å². The van der Waals surface area contributed by atoms with E-state index in [1.54, 1.807) is 12.1 Å². The smallest absolute Gasteiger partial charge is 0.416 e. The topological polar surface area (TPSA) is 126 Å². The van der Waals surface area contributed by atoms with Crippen molar-refractivity contribution in [1.82, 2.24) is 16.0 Å². The Hall–Kier alpha value is -3.81. The predicted molar refractivity (Wildman–Crippen MR) is 153 cm³/mol. The summed E-state index contributed by atoms with van der Waals surface area (Å²) in [4.78, 5) is 24.4. The van der Waals surface area contributed by atoms with E-state index in [4.69, 9.17) is 4.74 Å². The molecule has 0 bridgehead atoms. The molecule has 14 heteroatoms. The third-order valence-electron chi connectivity index (χ3n) is 6.42. The first-order chi connectivity index (χ1) is 19.5. The standard InChI is InChI=1S/C28H29F3N4O5S.ClH/c29-28(30,31)21-7-9-22(10-8-21)40-25-4-2-1-3-24(25)35-41(38,39)23-11-5-20(6-12-23)27(37)34-18-26(36)33-17-19-13-15-32-16-14-19;/h1-12,19,32,35H,13-18H2,(H,33,36)(H,34,37);1H. The Bertz CT molecular complexity index is 1460. The molecule has 3 aromatic carbocycles. The van der Waals surface area contributed by atoms with Crippen LogP contribution in [-0.2, 0) is 21.0 Å². The second-order valence-corrected chi connectivity index (χ2v) is 11.1. The normalized spacial score (nSPS) is 13.9. The largest absolute Gasteiger partial charge is 0.455 e. The molecule has 1 saturated heterocycles. The van der Waals surface area contributed by atoms with Gasteiger partial charge in [0, 0.05) is 12.1 Å². The fraction of sp³-hybridized carbons (Fsp3) is 0.286. The third-order valence-corrected chi connectivity index (χ3v) is 7.81. The number of ether oxygens (including phenoxy) is 1. The summed E-state index contributed by atoms with van der Waals surface area (Å²) in [6, 6.07) is 15.2. The molecule has 1 aliphatic heterocycles. The quantitative estimate of drug-likeness (QED) is 0.261. The molecule has 4 rings (SSSR count).